The molecule has 0 aromatic carbocycles. The average molecular weight is 717 g/mol. The summed E-state index contributed by atoms with van der Waals surface area (Å²) in [5.41, 5.74) is 0. The van der Waals surface area contributed by atoms with Crippen molar-refractivity contribution >= 4 is 17.9 Å². The van der Waals surface area contributed by atoms with Crippen LogP contribution in [0.3, 0.4) is 0 Å². The molecule has 51 heavy (non-hydrogen) atoms. The first-order valence-corrected chi connectivity index (χ1v) is 21.5. The molecule has 0 aliphatic heterocycles. The molecule has 0 radical (unpaired) electrons. The first kappa shape index (κ1) is 48.6. The highest BCUT2D eigenvalue weighted by Crippen LogP contribution is 2.14. The molecule has 0 fully saturated rings. The molecule has 0 rings (SSSR count). The van der Waals surface area contributed by atoms with Gasteiger partial charge >= 0.3 is 17.9 Å². The summed E-state index contributed by atoms with van der Waals surface area (Å²) < 4.78 is 16.6. The van der Waals surface area contributed by atoms with Crippen molar-refractivity contribution in [2.75, 3.05) is 13.2 Å². The number of rotatable bonds is 38. The number of ether oxygens (including phenoxy) is 3. The molecule has 0 N–H and O–H groups in total. The standard InChI is InChI=1S/C45H80O6/c1-4-7-10-13-15-17-19-21-22-24-25-27-29-32-35-38-44(47)50-41-42(40-49-43(46)37-34-31-12-9-6-3)51-45(48)39-36-33-30-28-26-23-20-18-16-14-11-8-5-2/h7,10,15,17,21-22,42H,4-6,8-9,11-14,16,18-20,23-41H2,1-3H3/b10-7-,17-15-,22-21-. The number of unbranched alkanes of at least 4 members (excludes halogenated alkanes) is 21. The third-order valence-corrected chi connectivity index (χ3v) is 9.16. The fourth-order valence-corrected chi connectivity index (χ4v) is 5.93. The van der Waals surface area contributed by atoms with E-state index in [-0.39, 0.29) is 31.1 Å². The molecule has 6 nitrogen and oxygen atoms in total. The molecule has 0 bridgehead atoms. The van der Waals surface area contributed by atoms with E-state index in [1.165, 1.54) is 70.6 Å². The molecule has 0 amide bonds. The maximum atomic E-state index is 12.6. The van der Waals surface area contributed by atoms with E-state index in [0.29, 0.717) is 19.3 Å². The van der Waals surface area contributed by atoms with Gasteiger partial charge in [0.25, 0.3) is 0 Å². The Hall–Kier alpha value is -2.37. The lowest BCUT2D eigenvalue weighted by molar-refractivity contribution is -0.167. The average Bonchev–Trinajstić information content (AvgIpc) is 3.12. The van der Waals surface area contributed by atoms with Crippen LogP contribution in [0.1, 0.15) is 213 Å². The largest absolute Gasteiger partial charge is 0.462 e. The van der Waals surface area contributed by atoms with Crippen molar-refractivity contribution in [3.05, 3.63) is 36.5 Å². The van der Waals surface area contributed by atoms with Crippen LogP contribution in [0.4, 0.5) is 0 Å². The fourth-order valence-electron chi connectivity index (χ4n) is 5.93. The van der Waals surface area contributed by atoms with E-state index in [1.807, 2.05) is 0 Å². The lowest BCUT2D eigenvalue weighted by atomic mass is 10.0. The third-order valence-electron chi connectivity index (χ3n) is 9.16. The van der Waals surface area contributed by atoms with Crippen LogP contribution in [0.25, 0.3) is 0 Å². The van der Waals surface area contributed by atoms with Gasteiger partial charge in [-0.2, -0.15) is 0 Å². The predicted octanol–water partition coefficient (Wildman–Crippen LogP) is 13.4. The van der Waals surface area contributed by atoms with Crippen molar-refractivity contribution in [2.24, 2.45) is 0 Å². The Balaban J connectivity index is 4.26. The Bertz CT molecular complexity index is 876. The molecule has 0 aromatic rings. The van der Waals surface area contributed by atoms with Crippen LogP contribution in [0.5, 0.6) is 0 Å². The van der Waals surface area contributed by atoms with Gasteiger partial charge in [0.2, 0.25) is 0 Å². The van der Waals surface area contributed by atoms with Gasteiger partial charge in [-0.05, 0) is 51.4 Å². The van der Waals surface area contributed by atoms with Gasteiger partial charge in [0.15, 0.2) is 6.10 Å². The molecule has 0 heterocycles. The molecular weight excluding hydrogens is 636 g/mol. The lowest BCUT2D eigenvalue weighted by Crippen LogP contribution is -2.30. The minimum Gasteiger partial charge on any atom is -0.462 e. The van der Waals surface area contributed by atoms with Crippen molar-refractivity contribution in [1.82, 2.24) is 0 Å². The molecule has 0 aromatic heterocycles. The summed E-state index contributed by atoms with van der Waals surface area (Å²) in [4.78, 5) is 37.4. The number of carbonyl (C=O) groups excluding carboxylic acids is 3. The normalized spacial score (nSPS) is 12.3. The van der Waals surface area contributed by atoms with Crippen molar-refractivity contribution in [1.29, 1.82) is 0 Å². The SMILES string of the molecule is CC/C=C\C/C=C\C/C=C\CCCCCCCC(=O)OCC(COC(=O)CCCCCCC)OC(=O)CCCCCCCCCCCCCCC. The van der Waals surface area contributed by atoms with Gasteiger partial charge in [0.1, 0.15) is 13.2 Å². The first-order chi connectivity index (χ1) is 25.0. The van der Waals surface area contributed by atoms with Crippen LogP contribution in [0.15, 0.2) is 36.5 Å². The summed E-state index contributed by atoms with van der Waals surface area (Å²) in [6.45, 7) is 6.42. The van der Waals surface area contributed by atoms with Crippen LogP contribution < -0.4 is 0 Å². The molecule has 0 saturated heterocycles. The van der Waals surface area contributed by atoms with Gasteiger partial charge in [-0.1, -0.05) is 179 Å². The molecule has 0 aliphatic rings. The first-order valence-electron chi connectivity index (χ1n) is 21.5. The smallest absolute Gasteiger partial charge is 0.306 e. The van der Waals surface area contributed by atoms with Crippen molar-refractivity contribution in [3.8, 4) is 0 Å². The second kappa shape index (κ2) is 40.4. The molecule has 1 atom stereocenters. The monoisotopic (exact) mass is 717 g/mol. The Labute approximate surface area is 315 Å². The third kappa shape index (κ3) is 38.7. The van der Waals surface area contributed by atoms with Gasteiger partial charge in [0.05, 0.1) is 0 Å². The van der Waals surface area contributed by atoms with Crippen LogP contribution in [-0.2, 0) is 28.6 Å². The van der Waals surface area contributed by atoms with Gasteiger partial charge in [-0.25, -0.2) is 0 Å². The second-order valence-corrected chi connectivity index (χ2v) is 14.2. The number of hydrogen-bond acceptors (Lipinski definition) is 6. The highest BCUT2D eigenvalue weighted by molar-refractivity contribution is 5.71. The zero-order valence-electron chi connectivity index (χ0n) is 33.6. The Morgan fingerprint density at radius 1 is 0.412 bits per heavy atom. The van der Waals surface area contributed by atoms with Crippen molar-refractivity contribution in [3.63, 3.8) is 0 Å². The number of carbonyl (C=O) groups is 3. The fraction of sp³-hybridized carbons (Fsp3) is 0.800. The summed E-state index contributed by atoms with van der Waals surface area (Å²) in [5.74, 6) is -0.907. The van der Waals surface area contributed by atoms with E-state index in [0.717, 1.165) is 103 Å². The molecule has 0 saturated carbocycles. The predicted molar refractivity (Wildman–Crippen MR) is 215 cm³/mol. The highest BCUT2D eigenvalue weighted by Gasteiger charge is 2.19. The Morgan fingerprint density at radius 2 is 0.765 bits per heavy atom. The van der Waals surface area contributed by atoms with E-state index >= 15 is 0 Å². The maximum Gasteiger partial charge on any atom is 0.306 e. The van der Waals surface area contributed by atoms with Crippen molar-refractivity contribution < 1.29 is 28.6 Å². The van der Waals surface area contributed by atoms with Crippen LogP contribution >= 0.6 is 0 Å². The van der Waals surface area contributed by atoms with Crippen LogP contribution in [0, 0.1) is 0 Å². The summed E-state index contributed by atoms with van der Waals surface area (Å²) in [6.07, 6.45) is 44.4. The van der Waals surface area contributed by atoms with Gasteiger partial charge in [0, 0.05) is 19.3 Å². The summed E-state index contributed by atoms with van der Waals surface area (Å²) in [7, 11) is 0. The van der Waals surface area contributed by atoms with Gasteiger partial charge in [-0.3, -0.25) is 14.4 Å². The van der Waals surface area contributed by atoms with E-state index in [2.05, 4.69) is 57.2 Å². The molecular formula is C45H80O6. The van der Waals surface area contributed by atoms with Crippen LogP contribution in [-0.4, -0.2) is 37.2 Å². The molecule has 0 spiro atoms. The zero-order valence-corrected chi connectivity index (χ0v) is 33.6. The van der Waals surface area contributed by atoms with Gasteiger partial charge in [-0.15, -0.1) is 0 Å². The van der Waals surface area contributed by atoms with E-state index in [4.69, 9.17) is 14.2 Å². The molecule has 296 valence electrons. The van der Waals surface area contributed by atoms with E-state index in [1.54, 1.807) is 0 Å². The number of hydrogen-bond donors (Lipinski definition) is 0. The zero-order chi connectivity index (χ0) is 37.3. The van der Waals surface area contributed by atoms with Crippen molar-refractivity contribution in [2.45, 2.75) is 219 Å². The van der Waals surface area contributed by atoms with E-state index in [9.17, 15) is 14.4 Å². The minimum atomic E-state index is -0.770. The van der Waals surface area contributed by atoms with Gasteiger partial charge < -0.3 is 14.2 Å². The van der Waals surface area contributed by atoms with Crippen LogP contribution in [0.2, 0.25) is 0 Å². The number of esters is 3. The molecule has 6 heteroatoms. The maximum absolute atomic E-state index is 12.6. The summed E-state index contributed by atoms with van der Waals surface area (Å²) >= 11 is 0. The molecule has 1 unspecified atom stereocenters. The highest BCUT2D eigenvalue weighted by atomic mass is 16.6. The number of allylic oxidation sites excluding steroid dienone is 6. The topological polar surface area (TPSA) is 78.9 Å². The molecule has 0 aliphatic carbocycles. The quantitative estimate of drug-likeness (QED) is 0.0274. The Morgan fingerprint density at radius 3 is 1.20 bits per heavy atom. The Kier molecular flexibility index (Phi) is 38.5. The van der Waals surface area contributed by atoms with E-state index < -0.39 is 6.10 Å². The summed E-state index contributed by atoms with van der Waals surface area (Å²) in [5, 5.41) is 0. The second-order valence-electron chi connectivity index (χ2n) is 14.2. The lowest BCUT2D eigenvalue weighted by Gasteiger charge is -2.18. The summed E-state index contributed by atoms with van der Waals surface area (Å²) in [6, 6.07) is 0. The minimum absolute atomic E-state index is 0.0769.